The molecule has 1 amide bonds. The maximum atomic E-state index is 12.2. The number of benzene rings is 1. The van der Waals surface area contributed by atoms with Gasteiger partial charge < -0.3 is 11.1 Å². The van der Waals surface area contributed by atoms with Gasteiger partial charge in [-0.3, -0.25) is 4.79 Å². The van der Waals surface area contributed by atoms with Crippen LogP contribution in [0.2, 0.25) is 0 Å². The van der Waals surface area contributed by atoms with E-state index in [4.69, 9.17) is 5.73 Å². The molecule has 1 aliphatic rings. The van der Waals surface area contributed by atoms with Crippen molar-refractivity contribution in [2.45, 2.75) is 39.2 Å². The minimum absolute atomic E-state index is 0.0226. The zero-order valence-electron chi connectivity index (χ0n) is 11.4. The monoisotopic (exact) mass is 324 g/mol. The van der Waals surface area contributed by atoms with Crippen LogP contribution in [0.3, 0.4) is 0 Å². The third-order valence-electron chi connectivity index (χ3n) is 4.01. The summed E-state index contributed by atoms with van der Waals surface area (Å²) in [7, 11) is 0. The Morgan fingerprint density at radius 2 is 2.11 bits per heavy atom. The van der Waals surface area contributed by atoms with Crippen molar-refractivity contribution in [3.63, 3.8) is 0 Å². The Bertz CT molecular complexity index is 475. The Hall–Kier alpha value is -1.03. The van der Waals surface area contributed by atoms with E-state index < -0.39 is 0 Å². The molecule has 1 fully saturated rings. The Kier molecular flexibility index (Phi) is 4.50. The first kappa shape index (κ1) is 14.4. The smallest absolute Gasteiger partial charge is 0.251 e. The van der Waals surface area contributed by atoms with Crippen molar-refractivity contribution in [2.24, 2.45) is 11.8 Å². The van der Waals surface area contributed by atoms with Crippen LogP contribution >= 0.6 is 15.9 Å². The fourth-order valence-corrected chi connectivity index (χ4v) is 3.06. The zero-order valence-corrected chi connectivity index (χ0v) is 13.0. The van der Waals surface area contributed by atoms with E-state index in [9.17, 15) is 4.79 Å². The van der Waals surface area contributed by atoms with Crippen LogP contribution in [0.5, 0.6) is 0 Å². The van der Waals surface area contributed by atoms with Gasteiger partial charge in [0.25, 0.3) is 5.91 Å². The van der Waals surface area contributed by atoms with Crippen molar-refractivity contribution < 1.29 is 4.79 Å². The second kappa shape index (κ2) is 5.95. The highest BCUT2D eigenvalue weighted by atomic mass is 79.9. The molecular formula is C15H21BrN2O. The number of rotatable bonds is 2. The topological polar surface area (TPSA) is 55.1 Å². The molecule has 3 atom stereocenters. The van der Waals surface area contributed by atoms with Crippen molar-refractivity contribution in [3.8, 4) is 0 Å². The minimum Gasteiger partial charge on any atom is -0.398 e. The molecule has 0 radical (unpaired) electrons. The van der Waals surface area contributed by atoms with E-state index in [-0.39, 0.29) is 11.9 Å². The number of halogens is 1. The summed E-state index contributed by atoms with van der Waals surface area (Å²) in [6.45, 7) is 4.50. The summed E-state index contributed by atoms with van der Waals surface area (Å²) in [4.78, 5) is 12.2. The molecule has 0 bridgehead atoms. The largest absolute Gasteiger partial charge is 0.398 e. The molecule has 0 saturated heterocycles. The van der Waals surface area contributed by atoms with Crippen LogP contribution in [-0.4, -0.2) is 11.9 Å². The summed E-state index contributed by atoms with van der Waals surface area (Å²) >= 11 is 3.34. The van der Waals surface area contributed by atoms with Crippen LogP contribution in [0, 0.1) is 11.8 Å². The van der Waals surface area contributed by atoms with Gasteiger partial charge in [0.05, 0.1) is 0 Å². The van der Waals surface area contributed by atoms with Crippen molar-refractivity contribution in [3.05, 3.63) is 28.2 Å². The molecule has 0 aliphatic heterocycles. The van der Waals surface area contributed by atoms with Gasteiger partial charge in [-0.25, -0.2) is 0 Å². The summed E-state index contributed by atoms with van der Waals surface area (Å²) in [6, 6.07) is 5.62. The lowest BCUT2D eigenvalue weighted by atomic mass is 9.80. The Balaban J connectivity index is 2.02. The van der Waals surface area contributed by atoms with Crippen LogP contribution in [0.1, 0.15) is 43.5 Å². The number of hydrogen-bond acceptors (Lipinski definition) is 2. The van der Waals surface area contributed by atoms with E-state index >= 15 is 0 Å². The lowest BCUT2D eigenvalue weighted by Crippen LogP contribution is -2.42. The van der Waals surface area contributed by atoms with Gasteiger partial charge in [0.1, 0.15) is 0 Å². The van der Waals surface area contributed by atoms with E-state index in [0.717, 1.165) is 16.8 Å². The van der Waals surface area contributed by atoms with E-state index in [1.807, 2.05) is 6.07 Å². The molecule has 4 heteroatoms. The van der Waals surface area contributed by atoms with Crippen molar-refractivity contribution >= 4 is 27.5 Å². The normalized spacial score (nSPS) is 27.0. The molecule has 0 aromatic heterocycles. The van der Waals surface area contributed by atoms with E-state index in [1.54, 1.807) is 12.1 Å². The number of nitrogens with two attached hydrogens (primary N) is 1. The minimum atomic E-state index is -0.0226. The first-order valence-electron chi connectivity index (χ1n) is 6.83. The average molecular weight is 325 g/mol. The number of amides is 1. The van der Waals surface area contributed by atoms with Gasteiger partial charge in [0.2, 0.25) is 0 Å². The first-order valence-corrected chi connectivity index (χ1v) is 7.62. The van der Waals surface area contributed by atoms with E-state index in [2.05, 4.69) is 35.1 Å². The van der Waals surface area contributed by atoms with Crippen LogP contribution < -0.4 is 11.1 Å². The lowest BCUT2D eigenvalue weighted by molar-refractivity contribution is 0.0899. The molecule has 1 aliphatic carbocycles. The molecule has 0 heterocycles. The van der Waals surface area contributed by atoms with Gasteiger partial charge in [0.15, 0.2) is 0 Å². The fraction of sp³-hybridized carbons (Fsp3) is 0.533. The molecule has 104 valence electrons. The number of carbonyl (C=O) groups excluding carboxylic acids is 1. The zero-order chi connectivity index (χ0) is 14.0. The molecular weight excluding hydrogens is 304 g/mol. The second-order valence-electron chi connectivity index (χ2n) is 5.71. The molecule has 1 saturated carbocycles. The molecule has 3 unspecified atom stereocenters. The predicted molar refractivity (Wildman–Crippen MR) is 82.0 cm³/mol. The summed E-state index contributed by atoms with van der Waals surface area (Å²) in [5.74, 6) is 1.29. The first-order chi connectivity index (χ1) is 8.97. The number of carbonyl (C=O) groups is 1. The number of hydrogen-bond donors (Lipinski definition) is 2. The number of anilines is 1. The maximum Gasteiger partial charge on any atom is 0.251 e. The SMILES string of the molecule is CC1CCC(NC(=O)c2ccc(Br)c(N)c2)C(C)C1. The van der Waals surface area contributed by atoms with Gasteiger partial charge in [-0.05, 0) is 65.2 Å². The molecule has 3 N–H and O–H groups in total. The van der Waals surface area contributed by atoms with Gasteiger partial charge in [-0.2, -0.15) is 0 Å². The van der Waals surface area contributed by atoms with Crippen LogP contribution in [-0.2, 0) is 0 Å². The lowest BCUT2D eigenvalue weighted by Gasteiger charge is -2.33. The summed E-state index contributed by atoms with van der Waals surface area (Å²) in [6.07, 6.45) is 3.45. The van der Waals surface area contributed by atoms with E-state index in [1.165, 1.54) is 12.8 Å². The Labute approximate surface area is 123 Å². The Morgan fingerprint density at radius 1 is 1.37 bits per heavy atom. The van der Waals surface area contributed by atoms with E-state index in [0.29, 0.717) is 17.2 Å². The quantitative estimate of drug-likeness (QED) is 0.817. The number of nitrogen functional groups attached to an aromatic ring is 1. The van der Waals surface area contributed by atoms with Crippen LogP contribution in [0.25, 0.3) is 0 Å². The highest BCUT2D eigenvalue weighted by Crippen LogP contribution is 2.29. The van der Waals surface area contributed by atoms with Crippen LogP contribution in [0.15, 0.2) is 22.7 Å². The maximum absolute atomic E-state index is 12.2. The summed E-state index contributed by atoms with van der Waals surface area (Å²) < 4.78 is 0.823. The molecule has 0 spiro atoms. The second-order valence-corrected chi connectivity index (χ2v) is 6.57. The molecule has 2 rings (SSSR count). The van der Waals surface area contributed by atoms with Gasteiger partial charge in [-0.15, -0.1) is 0 Å². The Morgan fingerprint density at radius 3 is 2.74 bits per heavy atom. The highest BCUT2D eigenvalue weighted by Gasteiger charge is 2.26. The molecule has 3 nitrogen and oxygen atoms in total. The van der Waals surface area contributed by atoms with Crippen molar-refractivity contribution in [1.82, 2.24) is 5.32 Å². The summed E-state index contributed by atoms with van der Waals surface area (Å²) in [5.41, 5.74) is 7.04. The molecule has 1 aromatic carbocycles. The third kappa shape index (κ3) is 3.50. The highest BCUT2D eigenvalue weighted by molar-refractivity contribution is 9.10. The van der Waals surface area contributed by atoms with Gasteiger partial charge in [0, 0.05) is 21.8 Å². The average Bonchev–Trinajstić information content (AvgIpc) is 2.36. The van der Waals surface area contributed by atoms with Gasteiger partial charge in [-0.1, -0.05) is 13.8 Å². The fourth-order valence-electron chi connectivity index (χ4n) is 2.82. The van der Waals surface area contributed by atoms with Crippen molar-refractivity contribution in [2.75, 3.05) is 5.73 Å². The summed E-state index contributed by atoms with van der Waals surface area (Å²) in [5, 5.41) is 3.14. The van der Waals surface area contributed by atoms with Crippen LogP contribution in [0.4, 0.5) is 5.69 Å². The van der Waals surface area contributed by atoms with Gasteiger partial charge >= 0.3 is 0 Å². The third-order valence-corrected chi connectivity index (χ3v) is 4.73. The standard InChI is InChI=1S/C15H21BrN2O/c1-9-3-6-14(10(2)7-9)18-15(19)11-4-5-12(16)13(17)8-11/h4-5,8-10,14H,3,6-7,17H2,1-2H3,(H,18,19). The molecule has 1 aromatic rings. The number of nitrogens with one attached hydrogen (secondary N) is 1. The predicted octanol–water partition coefficient (Wildman–Crippen LogP) is 3.59. The van der Waals surface area contributed by atoms with Crippen molar-refractivity contribution in [1.29, 1.82) is 0 Å². The molecule has 19 heavy (non-hydrogen) atoms.